The smallest absolute Gasteiger partial charge is 0.263 e. The lowest BCUT2D eigenvalue weighted by Crippen LogP contribution is -2.37. The lowest BCUT2D eigenvalue weighted by atomic mass is 10.1. The molecule has 0 radical (unpaired) electrons. The van der Waals surface area contributed by atoms with Gasteiger partial charge in [-0.2, -0.15) is 10.2 Å². The van der Waals surface area contributed by atoms with Crippen molar-refractivity contribution in [1.29, 1.82) is 0 Å². The zero-order valence-corrected chi connectivity index (χ0v) is 16.4. The molecule has 3 aromatic rings. The summed E-state index contributed by atoms with van der Waals surface area (Å²) in [4.78, 5) is 45.2. The van der Waals surface area contributed by atoms with E-state index in [2.05, 4.69) is 20.8 Å². The molecule has 12 heteroatoms. The van der Waals surface area contributed by atoms with E-state index in [0.717, 1.165) is 5.69 Å². The molecular weight excluding hydrogens is 404 g/mol. The number of fused-ring (bicyclic) bond motifs is 2. The molecule has 158 valence electrons. The molecule has 2 aliphatic heterocycles. The Labute approximate surface area is 175 Å². The molecule has 0 spiro atoms. The molecule has 0 saturated carbocycles. The maximum Gasteiger partial charge on any atom is 0.263 e. The van der Waals surface area contributed by atoms with E-state index in [1.165, 1.54) is 9.36 Å². The van der Waals surface area contributed by atoms with Gasteiger partial charge in [0.15, 0.2) is 0 Å². The molecule has 0 aliphatic carbocycles. The van der Waals surface area contributed by atoms with Gasteiger partial charge in [0, 0.05) is 7.05 Å². The maximum atomic E-state index is 11.7. The summed E-state index contributed by atoms with van der Waals surface area (Å²) < 4.78 is 2.87. The number of aromatic nitrogens is 4. The second-order valence-electron chi connectivity index (χ2n) is 6.89. The van der Waals surface area contributed by atoms with Crippen LogP contribution >= 0.6 is 0 Å². The maximum absolute atomic E-state index is 11.7. The van der Waals surface area contributed by atoms with E-state index >= 15 is 0 Å². The van der Waals surface area contributed by atoms with Gasteiger partial charge in [-0.3, -0.25) is 34.5 Å². The number of carbonyl (C=O) groups excluding carboxylic acids is 4. The fourth-order valence-corrected chi connectivity index (χ4v) is 3.35. The summed E-state index contributed by atoms with van der Waals surface area (Å²) in [5.74, 6) is -1.10. The summed E-state index contributed by atoms with van der Waals surface area (Å²) in [6, 6.07) is 9.23. The van der Waals surface area contributed by atoms with Crippen molar-refractivity contribution in [2.75, 3.05) is 11.5 Å². The van der Waals surface area contributed by atoms with Crippen molar-refractivity contribution in [3.63, 3.8) is 0 Å². The van der Waals surface area contributed by atoms with E-state index in [1.54, 1.807) is 7.05 Å². The van der Waals surface area contributed by atoms with E-state index in [1.807, 2.05) is 30.3 Å². The number of carbonyl (C=O) groups is 4. The van der Waals surface area contributed by atoms with Crippen molar-refractivity contribution in [3.05, 3.63) is 52.8 Å². The van der Waals surface area contributed by atoms with Crippen molar-refractivity contribution < 1.29 is 19.2 Å². The van der Waals surface area contributed by atoms with Crippen LogP contribution < -0.4 is 22.1 Å². The summed E-state index contributed by atoms with van der Waals surface area (Å²) in [6.45, 7) is 0. The van der Waals surface area contributed by atoms with Crippen LogP contribution in [0.5, 0.6) is 0 Å². The predicted molar refractivity (Wildman–Crippen MR) is 108 cm³/mol. The molecule has 0 unspecified atom stereocenters. The third-order valence-corrected chi connectivity index (χ3v) is 4.77. The number of nitrogens with two attached hydrogens (primary N) is 2. The first kappa shape index (κ1) is 19.8. The minimum Gasteiger partial charge on any atom is -0.383 e. The van der Waals surface area contributed by atoms with E-state index in [9.17, 15) is 19.2 Å². The van der Waals surface area contributed by atoms with Crippen LogP contribution in [0.15, 0.2) is 30.3 Å². The van der Waals surface area contributed by atoms with E-state index in [0.29, 0.717) is 28.3 Å². The topological polar surface area (TPSA) is 180 Å². The highest BCUT2D eigenvalue weighted by Crippen LogP contribution is 2.23. The molecule has 0 saturated heterocycles. The Morgan fingerprint density at radius 1 is 0.806 bits per heavy atom. The lowest BCUT2D eigenvalue weighted by molar-refractivity contribution is -0.120. The highest BCUT2D eigenvalue weighted by Gasteiger charge is 2.30. The number of anilines is 2. The highest BCUT2D eigenvalue weighted by atomic mass is 16.2. The Hall–Kier alpha value is -4.48. The fraction of sp³-hybridized carbons (Fsp3) is 0.158. The number of aryl methyl sites for hydroxylation is 1. The molecule has 31 heavy (non-hydrogen) atoms. The van der Waals surface area contributed by atoms with Crippen molar-refractivity contribution in [2.24, 2.45) is 7.05 Å². The van der Waals surface area contributed by atoms with E-state index in [-0.39, 0.29) is 30.5 Å². The zero-order valence-electron chi connectivity index (χ0n) is 16.4. The molecule has 0 bridgehead atoms. The average Bonchev–Trinajstić information content (AvgIpc) is 3.19. The molecule has 6 N–H and O–H groups in total. The lowest BCUT2D eigenvalue weighted by Gasteiger charge is -2.09. The van der Waals surface area contributed by atoms with Crippen molar-refractivity contribution in [1.82, 2.24) is 30.2 Å². The van der Waals surface area contributed by atoms with Gasteiger partial charge in [0.05, 0.1) is 29.9 Å². The Morgan fingerprint density at radius 2 is 1.32 bits per heavy atom. The number of hydrogen-bond donors (Lipinski definition) is 4. The fourth-order valence-electron chi connectivity index (χ4n) is 3.35. The van der Waals surface area contributed by atoms with Crippen LogP contribution in [0.25, 0.3) is 5.69 Å². The van der Waals surface area contributed by atoms with Crippen LogP contribution in [0.4, 0.5) is 11.6 Å². The van der Waals surface area contributed by atoms with Gasteiger partial charge in [-0.25, -0.2) is 4.68 Å². The molecular formula is C19H18N8O4. The first-order chi connectivity index (χ1) is 14.8. The Bertz CT molecular complexity index is 1240. The van der Waals surface area contributed by atoms with E-state index in [4.69, 9.17) is 11.5 Å². The number of benzene rings is 1. The molecule has 12 nitrogen and oxygen atoms in total. The summed E-state index contributed by atoms with van der Waals surface area (Å²) in [5.41, 5.74) is 13.7. The average molecular weight is 422 g/mol. The van der Waals surface area contributed by atoms with Crippen molar-refractivity contribution in [2.45, 2.75) is 12.8 Å². The largest absolute Gasteiger partial charge is 0.383 e. The SMILES string of the molecule is Cn1nc2c(c1N)C(=O)NC(=O)C2.Nc1c2c(nn1-c1ccccc1)CC(=O)NC2=O. The molecule has 0 atom stereocenters. The number of imide groups is 2. The summed E-state index contributed by atoms with van der Waals surface area (Å²) in [5, 5.41) is 12.6. The molecule has 5 rings (SSSR count). The third-order valence-electron chi connectivity index (χ3n) is 4.77. The first-order valence-corrected chi connectivity index (χ1v) is 9.18. The van der Waals surface area contributed by atoms with E-state index < -0.39 is 11.8 Å². The molecule has 2 aliphatic rings. The zero-order chi connectivity index (χ0) is 22.3. The third kappa shape index (κ3) is 3.50. The van der Waals surface area contributed by atoms with Gasteiger partial charge in [-0.15, -0.1) is 0 Å². The van der Waals surface area contributed by atoms with Gasteiger partial charge in [0.25, 0.3) is 11.8 Å². The highest BCUT2D eigenvalue weighted by molar-refractivity contribution is 6.12. The molecule has 4 amide bonds. The Morgan fingerprint density at radius 3 is 1.90 bits per heavy atom. The van der Waals surface area contributed by atoms with Crippen LogP contribution in [-0.4, -0.2) is 43.2 Å². The van der Waals surface area contributed by atoms with Crippen LogP contribution in [0.3, 0.4) is 0 Å². The first-order valence-electron chi connectivity index (χ1n) is 9.18. The van der Waals surface area contributed by atoms with Crippen molar-refractivity contribution in [3.8, 4) is 5.69 Å². The molecule has 0 fully saturated rings. The Balaban J connectivity index is 0.000000158. The van der Waals surface area contributed by atoms with Crippen LogP contribution in [0.1, 0.15) is 32.1 Å². The number of amides is 4. The minimum atomic E-state index is -0.485. The number of nitrogens with zero attached hydrogens (tertiary/aromatic N) is 4. The molecule has 1 aromatic carbocycles. The predicted octanol–water partition coefficient (Wildman–Crippen LogP) is -0.918. The van der Waals surface area contributed by atoms with Gasteiger partial charge >= 0.3 is 0 Å². The van der Waals surface area contributed by atoms with Gasteiger partial charge < -0.3 is 11.5 Å². The van der Waals surface area contributed by atoms with Crippen LogP contribution in [0, 0.1) is 0 Å². The minimum absolute atomic E-state index is 0.0745. The van der Waals surface area contributed by atoms with Crippen LogP contribution in [0.2, 0.25) is 0 Å². The number of nitrogen functional groups attached to an aromatic ring is 2. The summed E-state index contributed by atoms with van der Waals surface area (Å²) in [6.07, 6.45) is 0.192. The second kappa shape index (κ2) is 7.40. The monoisotopic (exact) mass is 422 g/mol. The molecule has 4 heterocycles. The standard InChI is InChI=1S/C12H10N4O2.C7H8N4O2/c13-11-10-8(6-9(17)14-12(10)18)15-16(11)7-4-2-1-3-5-7;1-11-6(8)5-3(10-11)2-4(12)9-7(5)13/h1-5H,6,13H2,(H,14,17,18);2,8H2,1H3,(H,9,12,13). The normalized spacial score (nSPS) is 14.7. The van der Waals surface area contributed by atoms with Crippen LogP contribution in [-0.2, 0) is 29.5 Å². The van der Waals surface area contributed by atoms with Gasteiger partial charge in [-0.05, 0) is 12.1 Å². The van der Waals surface area contributed by atoms with Gasteiger partial charge in [0.2, 0.25) is 11.8 Å². The number of hydrogen-bond acceptors (Lipinski definition) is 8. The number of nitrogens with one attached hydrogen (secondary N) is 2. The summed E-state index contributed by atoms with van der Waals surface area (Å²) in [7, 11) is 1.63. The quantitative estimate of drug-likeness (QED) is 0.363. The number of rotatable bonds is 1. The Kier molecular flexibility index (Phi) is 4.73. The second-order valence-corrected chi connectivity index (χ2v) is 6.89. The van der Waals surface area contributed by atoms with Gasteiger partial charge in [0.1, 0.15) is 22.8 Å². The number of para-hydroxylation sites is 1. The van der Waals surface area contributed by atoms with Crippen molar-refractivity contribution >= 4 is 35.3 Å². The summed E-state index contributed by atoms with van der Waals surface area (Å²) >= 11 is 0. The molecule has 2 aromatic heterocycles. The van der Waals surface area contributed by atoms with Gasteiger partial charge in [-0.1, -0.05) is 18.2 Å².